The second-order valence-corrected chi connectivity index (χ2v) is 9.13. The van der Waals surface area contributed by atoms with Gasteiger partial charge in [0.1, 0.15) is 0 Å². The fraction of sp³-hybridized carbons (Fsp3) is 0.952. The molecule has 6 nitrogen and oxygen atoms in total. The maximum Gasteiger partial charge on any atom is 0.191 e. The number of nitrogens with zero attached hydrogens (tertiary/aromatic N) is 2. The van der Waals surface area contributed by atoms with Crippen LogP contribution < -0.4 is 10.6 Å². The van der Waals surface area contributed by atoms with E-state index < -0.39 is 0 Å². The molecule has 4 atom stereocenters. The molecule has 2 heterocycles. The molecule has 0 aromatic heterocycles. The minimum atomic E-state index is 0.388. The van der Waals surface area contributed by atoms with Crippen LogP contribution in [0.4, 0.5) is 0 Å². The summed E-state index contributed by atoms with van der Waals surface area (Å²) in [6.07, 6.45) is 5.68. The van der Waals surface area contributed by atoms with Crippen LogP contribution >= 0.6 is 0 Å². The number of nitrogens with one attached hydrogen (secondary N) is 2. The van der Waals surface area contributed by atoms with Crippen LogP contribution in [0.15, 0.2) is 4.99 Å². The normalized spacial score (nSPS) is 34.1. The summed E-state index contributed by atoms with van der Waals surface area (Å²) in [5.41, 5.74) is 0.388. The largest absolute Gasteiger partial charge is 0.379 e. The summed E-state index contributed by atoms with van der Waals surface area (Å²) in [6, 6.07) is 1.02. The van der Waals surface area contributed by atoms with E-state index in [1.54, 1.807) is 0 Å². The second-order valence-electron chi connectivity index (χ2n) is 9.13. The number of fused-ring (bicyclic) bond motifs is 2. The lowest BCUT2D eigenvalue weighted by atomic mass is 9.46. The van der Waals surface area contributed by atoms with Crippen LogP contribution in [0, 0.1) is 17.3 Å². The molecule has 2 N–H and O–H groups in total. The molecule has 0 radical (unpaired) electrons. The van der Waals surface area contributed by atoms with E-state index in [0.29, 0.717) is 35.4 Å². The molecule has 1 spiro atoms. The maximum atomic E-state index is 6.07. The van der Waals surface area contributed by atoms with Crippen LogP contribution in [0.1, 0.15) is 46.5 Å². The Morgan fingerprint density at radius 2 is 2.00 bits per heavy atom. The lowest BCUT2D eigenvalue weighted by Crippen LogP contribution is -2.72. The van der Waals surface area contributed by atoms with Crippen molar-refractivity contribution in [1.82, 2.24) is 15.5 Å². The average Bonchev–Trinajstić information content (AvgIpc) is 3.04. The highest BCUT2D eigenvalue weighted by Crippen LogP contribution is 2.62. The molecule has 27 heavy (non-hydrogen) atoms. The molecule has 2 aliphatic heterocycles. The molecule has 4 rings (SSSR count). The molecule has 0 amide bonds. The third-order valence-corrected chi connectivity index (χ3v) is 7.39. The molecule has 2 saturated heterocycles. The summed E-state index contributed by atoms with van der Waals surface area (Å²) < 4.78 is 11.6. The first-order chi connectivity index (χ1) is 13.2. The van der Waals surface area contributed by atoms with E-state index in [2.05, 4.69) is 36.3 Å². The zero-order valence-electron chi connectivity index (χ0n) is 17.4. The van der Waals surface area contributed by atoms with E-state index in [0.717, 1.165) is 52.0 Å². The van der Waals surface area contributed by atoms with Gasteiger partial charge in [0.15, 0.2) is 5.96 Å². The number of hydrogen-bond acceptors (Lipinski definition) is 4. The van der Waals surface area contributed by atoms with Gasteiger partial charge in [-0.15, -0.1) is 0 Å². The van der Waals surface area contributed by atoms with E-state index in [-0.39, 0.29) is 0 Å². The van der Waals surface area contributed by atoms with Gasteiger partial charge in [0.2, 0.25) is 0 Å². The summed E-state index contributed by atoms with van der Waals surface area (Å²) in [5, 5.41) is 7.33. The van der Waals surface area contributed by atoms with Gasteiger partial charge in [-0.2, -0.15) is 0 Å². The monoisotopic (exact) mass is 378 g/mol. The molecule has 0 aromatic rings. The molecule has 4 aliphatic rings. The highest BCUT2D eigenvalue weighted by atomic mass is 16.5. The van der Waals surface area contributed by atoms with Gasteiger partial charge in [-0.05, 0) is 32.1 Å². The minimum absolute atomic E-state index is 0.388. The Kier molecular flexibility index (Phi) is 5.95. The summed E-state index contributed by atoms with van der Waals surface area (Å²) in [5.74, 6) is 2.26. The van der Waals surface area contributed by atoms with Crippen LogP contribution in [-0.2, 0) is 9.47 Å². The Labute approximate surface area is 164 Å². The van der Waals surface area contributed by atoms with Crippen LogP contribution in [0.2, 0.25) is 0 Å². The van der Waals surface area contributed by atoms with Crippen LogP contribution in [0.3, 0.4) is 0 Å². The smallest absolute Gasteiger partial charge is 0.191 e. The maximum absolute atomic E-state index is 6.07. The van der Waals surface area contributed by atoms with Crippen LogP contribution in [0.5, 0.6) is 0 Å². The topological polar surface area (TPSA) is 58.1 Å². The van der Waals surface area contributed by atoms with Crippen molar-refractivity contribution in [2.45, 2.75) is 64.6 Å². The predicted octanol–water partition coefficient (Wildman–Crippen LogP) is 1.86. The lowest BCUT2D eigenvalue weighted by molar-refractivity contribution is -0.171. The third kappa shape index (κ3) is 3.60. The van der Waals surface area contributed by atoms with Gasteiger partial charge in [-0.3, -0.25) is 9.89 Å². The summed E-state index contributed by atoms with van der Waals surface area (Å²) >= 11 is 0. The molecule has 0 bridgehead atoms. The molecule has 4 unspecified atom stereocenters. The van der Waals surface area contributed by atoms with Crippen molar-refractivity contribution in [3.8, 4) is 0 Å². The zero-order valence-corrected chi connectivity index (χ0v) is 17.4. The Hall–Kier alpha value is -0.850. The molecule has 154 valence electrons. The van der Waals surface area contributed by atoms with Gasteiger partial charge in [0.25, 0.3) is 0 Å². The number of hydrogen-bond donors (Lipinski definition) is 2. The van der Waals surface area contributed by atoms with Gasteiger partial charge in [-0.1, -0.05) is 20.3 Å². The molecule has 6 heteroatoms. The number of ether oxygens (including phenoxy) is 2. The van der Waals surface area contributed by atoms with Crippen molar-refractivity contribution in [2.75, 3.05) is 46.0 Å². The minimum Gasteiger partial charge on any atom is -0.379 e. The highest BCUT2D eigenvalue weighted by molar-refractivity contribution is 5.80. The van der Waals surface area contributed by atoms with Crippen molar-refractivity contribution in [3.05, 3.63) is 0 Å². The fourth-order valence-electron chi connectivity index (χ4n) is 5.77. The summed E-state index contributed by atoms with van der Waals surface area (Å²) in [6.45, 7) is 13.2. The average molecular weight is 379 g/mol. The Bertz CT molecular complexity index is 528. The van der Waals surface area contributed by atoms with Gasteiger partial charge in [-0.25, -0.2) is 0 Å². The Morgan fingerprint density at radius 1 is 1.22 bits per heavy atom. The van der Waals surface area contributed by atoms with Crippen molar-refractivity contribution >= 4 is 5.96 Å². The molecule has 0 aromatic carbocycles. The SMILES string of the molecule is CCNC(=NCC(C(C)C)N1CCOCC1)NC1C2CCOC2C12CCC2. The van der Waals surface area contributed by atoms with Crippen LogP contribution in [0.25, 0.3) is 0 Å². The van der Waals surface area contributed by atoms with E-state index in [1.165, 1.54) is 25.7 Å². The van der Waals surface area contributed by atoms with Gasteiger partial charge >= 0.3 is 0 Å². The highest BCUT2D eigenvalue weighted by Gasteiger charge is 2.66. The van der Waals surface area contributed by atoms with Gasteiger partial charge in [0, 0.05) is 49.7 Å². The van der Waals surface area contributed by atoms with Gasteiger partial charge in [0.05, 0.1) is 25.9 Å². The van der Waals surface area contributed by atoms with Crippen LogP contribution in [-0.4, -0.2) is 75.0 Å². The quantitative estimate of drug-likeness (QED) is 0.546. The van der Waals surface area contributed by atoms with E-state index >= 15 is 0 Å². The molecular weight excluding hydrogens is 340 g/mol. The number of rotatable bonds is 6. The Morgan fingerprint density at radius 3 is 2.63 bits per heavy atom. The second kappa shape index (κ2) is 8.26. The Balaban J connectivity index is 1.42. The van der Waals surface area contributed by atoms with Gasteiger partial charge < -0.3 is 20.1 Å². The fourth-order valence-corrected chi connectivity index (χ4v) is 5.77. The first kappa shape index (κ1) is 19.5. The van der Waals surface area contributed by atoms with Crippen molar-refractivity contribution < 1.29 is 9.47 Å². The van der Waals surface area contributed by atoms with Crippen molar-refractivity contribution in [2.24, 2.45) is 22.2 Å². The predicted molar refractivity (Wildman–Crippen MR) is 108 cm³/mol. The van der Waals surface area contributed by atoms with E-state index in [1.807, 2.05) is 0 Å². The van der Waals surface area contributed by atoms with E-state index in [4.69, 9.17) is 14.5 Å². The molecule has 2 aliphatic carbocycles. The standard InChI is InChI=1S/C21H38N4O2/c1-4-22-20(23-14-17(15(2)3)25-9-12-26-13-10-25)24-18-16-6-11-27-19(16)21(18)7-5-8-21/h15-19H,4-14H2,1-3H3,(H2,22,23,24). The molecule has 4 fully saturated rings. The van der Waals surface area contributed by atoms with Crippen molar-refractivity contribution in [3.63, 3.8) is 0 Å². The first-order valence-electron chi connectivity index (χ1n) is 11.1. The number of guanidine groups is 1. The molecule has 2 saturated carbocycles. The summed E-state index contributed by atoms with van der Waals surface area (Å²) in [7, 11) is 0. The zero-order chi connectivity index (χ0) is 18.9. The lowest BCUT2D eigenvalue weighted by Gasteiger charge is -2.63. The summed E-state index contributed by atoms with van der Waals surface area (Å²) in [4.78, 5) is 7.60. The number of aliphatic imine (C=N–C) groups is 1. The first-order valence-corrected chi connectivity index (χ1v) is 11.1. The molecular formula is C21H38N4O2. The van der Waals surface area contributed by atoms with E-state index in [9.17, 15) is 0 Å². The third-order valence-electron chi connectivity index (χ3n) is 7.39. The number of morpholine rings is 1. The van der Waals surface area contributed by atoms with Crippen molar-refractivity contribution in [1.29, 1.82) is 0 Å².